The summed E-state index contributed by atoms with van der Waals surface area (Å²) in [7, 11) is -3.15. The second kappa shape index (κ2) is 11.3. The van der Waals surface area contributed by atoms with E-state index in [-0.39, 0.29) is 36.3 Å². The van der Waals surface area contributed by atoms with Crippen LogP contribution in [0.1, 0.15) is 32.6 Å². The molecule has 2 rings (SSSR count). The summed E-state index contributed by atoms with van der Waals surface area (Å²) >= 11 is 7.64. The molecule has 0 aliphatic carbocycles. The Labute approximate surface area is 195 Å². The molecule has 0 spiro atoms. The highest BCUT2D eigenvalue weighted by atomic mass is 127. The van der Waals surface area contributed by atoms with Crippen molar-refractivity contribution in [2.75, 3.05) is 45.0 Å². The van der Waals surface area contributed by atoms with E-state index in [0.29, 0.717) is 0 Å². The maximum Gasteiger partial charge on any atom is 0.194 e. The van der Waals surface area contributed by atoms with Gasteiger partial charge in [0.25, 0.3) is 0 Å². The van der Waals surface area contributed by atoms with Crippen LogP contribution in [-0.2, 0) is 16.4 Å². The Bertz CT molecular complexity index is 739. The highest BCUT2D eigenvalue weighted by Crippen LogP contribution is 2.23. The molecule has 0 amide bonds. The molecule has 1 N–H and O–H groups in total. The van der Waals surface area contributed by atoms with Crippen molar-refractivity contribution in [3.8, 4) is 0 Å². The lowest BCUT2D eigenvalue weighted by Crippen LogP contribution is -2.52. The molecule has 162 valence electrons. The summed E-state index contributed by atoms with van der Waals surface area (Å²) < 4.78 is 24.6. The van der Waals surface area contributed by atoms with Crippen molar-refractivity contribution in [2.45, 2.75) is 39.0 Å². The van der Waals surface area contributed by atoms with Crippen LogP contribution in [0.5, 0.6) is 0 Å². The number of aliphatic imine (C=N–C) groups is 1. The van der Waals surface area contributed by atoms with Gasteiger partial charge in [0.05, 0.1) is 21.4 Å². The molecule has 0 unspecified atom stereocenters. The summed E-state index contributed by atoms with van der Waals surface area (Å²) in [5.41, 5.74) is 0. The largest absolute Gasteiger partial charge is 0.357 e. The molecule has 1 aliphatic heterocycles. The third kappa shape index (κ3) is 7.62. The standard InChI is InChI=1S/C18H31ClN4O2S2.HI/c1-5-20-17(21-8-13-27(24,25)18(2,3)4)23-11-9-22(10-12-23)14-15-6-7-16(19)26-15;/h6-7H,5,8-14H2,1-4H3,(H,20,21);1H. The lowest BCUT2D eigenvalue weighted by atomic mass is 10.3. The van der Waals surface area contributed by atoms with Crippen LogP contribution in [0.15, 0.2) is 17.1 Å². The van der Waals surface area contributed by atoms with Crippen molar-refractivity contribution >= 4 is 62.7 Å². The summed E-state index contributed by atoms with van der Waals surface area (Å²) in [5, 5.41) is 3.29. The normalized spacial score (nSPS) is 16.8. The first-order chi connectivity index (χ1) is 12.6. The topological polar surface area (TPSA) is 65.0 Å². The first-order valence-electron chi connectivity index (χ1n) is 9.34. The minimum absolute atomic E-state index is 0. The van der Waals surface area contributed by atoms with E-state index in [1.807, 2.05) is 13.0 Å². The summed E-state index contributed by atoms with van der Waals surface area (Å²) in [6.07, 6.45) is 0. The quantitative estimate of drug-likeness (QED) is 0.327. The van der Waals surface area contributed by atoms with Crippen LogP contribution < -0.4 is 5.32 Å². The van der Waals surface area contributed by atoms with Crippen LogP contribution in [0.25, 0.3) is 0 Å². The van der Waals surface area contributed by atoms with E-state index in [4.69, 9.17) is 11.6 Å². The lowest BCUT2D eigenvalue weighted by Gasteiger charge is -2.36. The molecule has 28 heavy (non-hydrogen) atoms. The van der Waals surface area contributed by atoms with Crippen molar-refractivity contribution in [2.24, 2.45) is 4.99 Å². The minimum Gasteiger partial charge on any atom is -0.357 e. The number of hydrogen-bond donors (Lipinski definition) is 1. The van der Waals surface area contributed by atoms with Crippen LogP contribution in [-0.4, -0.2) is 73.9 Å². The monoisotopic (exact) mass is 562 g/mol. The Kier molecular flexibility index (Phi) is 10.5. The number of nitrogens with one attached hydrogen (secondary N) is 1. The number of halogens is 2. The molecule has 1 aromatic rings. The van der Waals surface area contributed by atoms with Gasteiger partial charge in [0.2, 0.25) is 0 Å². The van der Waals surface area contributed by atoms with Gasteiger partial charge in [-0.1, -0.05) is 11.6 Å². The molecule has 10 heteroatoms. The van der Waals surface area contributed by atoms with E-state index in [1.165, 1.54) is 4.88 Å². The predicted molar refractivity (Wildman–Crippen MR) is 131 cm³/mol. The molecule has 2 heterocycles. The van der Waals surface area contributed by atoms with Crippen LogP contribution >= 0.6 is 46.9 Å². The molecule has 0 atom stereocenters. The number of rotatable bonds is 6. The molecule has 1 fully saturated rings. The zero-order valence-electron chi connectivity index (χ0n) is 17.1. The summed E-state index contributed by atoms with van der Waals surface area (Å²) in [5.74, 6) is 0.880. The van der Waals surface area contributed by atoms with Gasteiger partial charge in [-0.05, 0) is 39.8 Å². The van der Waals surface area contributed by atoms with Crippen molar-refractivity contribution in [3.63, 3.8) is 0 Å². The third-order valence-corrected chi connectivity index (χ3v) is 8.37. The molecular weight excluding hydrogens is 531 g/mol. The number of hydrogen-bond acceptors (Lipinski definition) is 5. The van der Waals surface area contributed by atoms with Crippen LogP contribution in [0, 0.1) is 0 Å². The van der Waals surface area contributed by atoms with E-state index >= 15 is 0 Å². The van der Waals surface area contributed by atoms with E-state index in [0.717, 1.165) is 49.6 Å². The van der Waals surface area contributed by atoms with Crippen LogP contribution in [0.4, 0.5) is 0 Å². The second-order valence-electron chi connectivity index (χ2n) is 7.64. The molecule has 1 aliphatic rings. The van der Waals surface area contributed by atoms with Gasteiger partial charge in [0.15, 0.2) is 15.8 Å². The van der Waals surface area contributed by atoms with E-state index in [2.05, 4.69) is 26.2 Å². The molecule has 0 bridgehead atoms. The SMILES string of the molecule is CCNC(=NCCS(=O)(=O)C(C)(C)C)N1CCN(Cc2ccc(Cl)s2)CC1.I. The summed E-state index contributed by atoms with van der Waals surface area (Å²) in [6.45, 7) is 12.8. The van der Waals surface area contributed by atoms with Gasteiger partial charge < -0.3 is 10.2 Å². The zero-order chi connectivity index (χ0) is 20.1. The summed E-state index contributed by atoms with van der Waals surface area (Å²) in [6, 6.07) is 4.03. The van der Waals surface area contributed by atoms with Gasteiger partial charge in [0, 0.05) is 44.1 Å². The highest BCUT2D eigenvalue weighted by Gasteiger charge is 2.28. The Morgan fingerprint density at radius 1 is 1.25 bits per heavy atom. The molecule has 0 aromatic carbocycles. The second-order valence-corrected chi connectivity index (χ2v) is 12.3. The number of thiophene rings is 1. The average molecular weight is 563 g/mol. The minimum atomic E-state index is -3.15. The molecule has 0 radical (unpaired) electrons. The first kappa shape index (κ1) is 25.9. The van der Waals surface area contributed by atoms with Gasteiger partial charge in [-0.3, -0.25) is 9.89 Å². The highest BCUT2D eigenvalue weighted by molar-refractivity contribution is 14.0. The van der Waals surface area contributed by atoms with Crippen LogP contribution in [0.3, 0.4) is 0 Å². The fourth-order valence-corrected chi connectivity index (χ4v) is 4.85. The molecule has 1 aromatic heterocycles. The molecule has 0 saturated carbocycles. The smallest absolute Gasteiger partial charge is 0.194 e. The number of piperazine rings is 1. The number of guanidine groups is 1. The maximum absolute atomic E-state index is 12.3. The molecule has 1 saturated heterocycles. The maximum atomic E-state index is 12.3. The van der Waals surface area contributed by atoms with Crippen LogP contribution in [0.2, 0.25) is 4.34 Å². The van der Waals surface area contributed by atoms with Gasteiger partial charge in [-0.2, -0.15) is 0 Å². The van der Waals surface area contributed by atoms with Crippen molar-refractivity contribution < 1.29 is 8.42 Å². The van der Waals surface area contributed by atoms with Gasteiger partial charge >= 0.3 is 0 Å². The first-order valence-corrected chi connectivity index (χ1v) is 12.2. The Morgan fingerprint density at radius 2 is 1.89 bits per heavy atom. The van der Waals surface area contributed by atoms with Crippen molar-refractivity contribution in [3.05, 3.63) is 21.3 Å². The van der Waals surface area contributed by atoms with E-state index in [9.17, 15) is 8.42 Å². The van der Waals surface area contributed by atoms with Gasteiger partial charge in [-0.15, -0.1) is 35.3 Å². The third-order valence-electron chi connectivity index (χ3n) is 4.57. The molecule has 6 nitrogen and oxygen atoms in total. The summed E-state index contributed by atoms with van der Waals surface area (Å²) in [4.78, 5) is 10.5. The predicted octanol–water partition coefficient (Wildman–Crippen LogP) is 3.32. The van der Waals surface area contributed by atoms with E-state index in [1.54, 1.807) is 32.1 Å². The zero-order valence-corrected chi connectivity index (χ0v) is 21.8. The molecular formula is C18H32ClIN4O2S2. The average Bonchev–Trinajstić information content (AvgIpc) is 2.98. The number of nitrogens with zero attached hydrogens (tertiary/aromatic N) is 3. The Hall–Kier alpha value is -0.1000. The fourth-order valence-electron chi connectivity index (χ4n) is 2.78. The number of sulfone groups is 1. The Morgan fingerprint density at radius 3 is 2.39 bits per heavy atom. The van der Waals surface area contributed by atoms with E-state index < -0.39 is 14.6 Å². The fraction of sp³-hybridized carbons (Fsp3) is 0.722. The lowest BCUT2D eigenvalue weighted by molar-refractivity contribution is 0.174. The van der Waals surface area contributed by atoms with Crippen molar-refractivity contribution in [1.82, 2.24) is 15.1 Å². The van der Waals surface area contributed by atoms with Gasteiger partial charge in [0.1, 0.15) is 0 Å². The van der Waals surface area contributed by atoms with Crippen molar-refractivity contribution in [1.29, 1.82) is 0 Å². The Balaban J connectivity index is 0.00000392. The van der Waals surface area contributed by atoms with Gasteiger partial charge in [-0.25, -0.2) is 8.42 Å².